The first kappa shape index (κ1) is 28.1. The molecule has 0 bridgehead atoms. The molecule has 2 N–H and O–H groups in total. The molecule has 0 spiro atoms. The largest absolute Gasteiger partial charge is 0.481 e. The number of thioether (sulfide) groups is 1. The molecule has 6 nitrogen and oxygen atoms in total. The van der Waals surface area contributed by atoms with Gasteiger partial charge in [0.25, 0.3) is 0 Å². The molecule has 4 rings (SSSR count). The molecule has 0 saturated heterocycles. The van der Waals surface area contributed by atoms with Gasteiger partial charge in [-0.15, -0.1) is 11.8 Å². The molecular formula is C28H24Cl2N2O4S2. The predicted molar refractivity (Wildman–Crippen MR) is 156 cm³/mol. The summed E-state index contributed by atoms with van der Waals surface area (Å²) in [6.45, 7) is 0.145. The van der Waals surface area contributed by atoms with Crippen LogP contribution in [0.5, 0.6) is 0 Å². The summed E-state index contributed by atoms with van der Waals surface area (Å²) in [5.41, 5.74) is 3.40. The number of carboxylic acids is 1. The lowest BCUT2D eigenvalue weighted by molar-refractivity contribution is -0.133. The quantitative estimate of drug-likeness (QED) is 0.197. The average Bonchev–Trinajstić information content (AvgIpc) is 2.89. The van der Waals surface area contributed by atoms with E-state index in [1.807, 2.05) is 66.7 Å². The molecule has 0 aliphatic heterocycles. The minimum Gasteiger partial charge on any atom is -0.481 e. The Balaban J connectivity index is 1.48. The van der Waals surface area contributed by atoms with Crippen molar-refractivity contribution in [1.29, 1.82) is 0 Å². The van der Waals surface area contributed by atoms with E-state index in [0.29, 0.717) is 16.5 Å². The molecule has 38 heavy (non-hydrogen) atoms. The number of carboxylic acid groups (broad SMARTS) is 1. The van der Waals surface area contributed by atoms with Crippen LogP contribution in [0.15, 0.2) is 83.8 Å². The molecule has 0 aliphatic rings. The van der Waals surface area contributed by atoms with Gasteiger partial charge in [0.15, 0.2) is 0 Å². The topological polar surface area (TPSA) is 96.4 Å². The number of aliphatic carboxylic acids is 1. The first-order valence-corrected chi connectivity index (χ1v) is 14.9. The van der Waals surface area contributed by atoms with E-state index in [1.54, 1.807) is 0 Å². The van der Waals surface area contributed by atoms with Gasteiger partial charge in [0.2, 0.25) is 10.0 Å². The molecule has 1 atom stereocenters. The number of hydrogen-bond donors (Lipinski definition) is 2. The number of sulfonamides is 1. The third-order valence-corrected chi connectivity index (χ3v) is 8.92. The van der Waals surface area contributed by atoms with Crippen LogP contribution in [0.1, 0.15) is 28.5 Å². The summed E-state index contributed by atoms with van der Waals surface area (Å²) in [7, 11) is -3.71. The van der Waals surface area contributed by atoms with Crippen LogP contribution < -0.4 is 4.72 Å². The van der Waals surface area contributed by atoms with Crippen molar-refractivity contribution in [1.82, 2.24) is 9.71 Å². The van der Waals surface area contributed by atoms with Crippen LogP contribution in [0.3, 0.4) is 0 Å². The normalized spacial score (nSPS) is 12.7. The van der Waals surface area contributed by atoms with E-state index in [1.165, 1.54) is 36.0 Å². The van der Waals surface area contributed by atoms with E-state index >= 15 is 0 Å². The minimum absolute atomic E-state index is 0.0990. The van der Waals surface area contributed by atoms with Gasteiger partial charge in [-0.1, -0.05) is 65.7 Å². The Bertz CT molecular complexity index is 1580. The maximum Gasteiger partial charge on any atom is 0.313 e. The van der Waals surface area contributed by atoms with Crippen molar-refractivity contribution in [2.75, 3.05) is 12.3 Å². The van der Waals surface area contributed by atoms with Gasteiger partial charge < -0.3 is 5.11 Å². The lowest BCUT2D eigenvalue weighted by Gasteiger charge is -2.17. The molecule has 10 heteroatoms. The van der Waals surface area contributed by atoms with Gasteiger partial charge in [-0.3, -0.25) is 4.79 Å². The molecule has 1 unspecified atom stereocenters. The zero-order valence-electron chi connectivity index (χ0n) is 20.1. The number of rotatable bonds is 11. The fraction of sp³-hybridized carbons (Fsp3) is 0.143. The Kier molecular flexibility index (Phi) is 9.46. The second-order valence-corrected chi connectivity index (χ2v) is 12.2. The van der Waals surface area contributed by atoms with E-state index in [2.05, 4.69) is 9.71 Å². The van der Waals surface area contributed by atoms with Crippen molar-refractivity contribution in [3.8, 4) is 0 Å². The Morgan fingerprint density at radius 2 is 1.71 bits per heavy atom. The van der Waals surface area contributed by atoms with Crippen molar-refractivity contribution < 1.29 is 18.3 Å². The second-order valence-electron chi connectivity index (χ2n) is 8.41. The van der Waals surface area contributed by atoms with Gasteiger partial charge in [-0.05, 0) is 66.1 Å². The van der Waals surface area contributed by atoms with Crippen LogP contribution in [0.25, 0.3) is 23.1 Å². The lowest BCUT2D eigenvalue weighted by Crippen LogP contribution is -2.25. The number of hydrogen-bond acceptors (Lipinski definition) is 5. The van der Waals surface area contributed by atoms with Gasteiger partial charge in [0.1, 0.15) is 0 Å². The third kappa shape index (κ3) is 7.82. The van der Waals surface area contributed by atoms with Crippen molar-refractivity contribution in [3.05, 3.63) is 106 Å². The number of fused-ring (bicyclic) bond motifs is 1. The summed E-state index contributed by atoms with van der Waals surface area (Å²) in [6, 6.07) is 23.1. The third-order valence-electron chi connectivity index (χ3n) is 5.64. The fourth-order valence-corrected chi connectivity index (χ4v) is 6.09. The molecule has 1 aromatic heterocycles. The maximum atomic E-state index is 12.6. The van der Waals surface area contributed by atoms with Crippen LogP contribution in [0.2, 0.25) is 10.0 Å². The summed E-state index contributed by atoms with van der Waals surface area (Å²) in [5.74, 6) is -1.03. The monoisotopic (exact) mass is 586 g/mol. The van der Waals surface area contributed by atoms with Crippen molar-refractivity contribution >= 4 is 74.0 Å². The van der Waals surface area contributed by atoms with Crippen LogP contribution in [-0.2, 0) is 14.8 Å². The van der Waals surface area contributed by atoms with Gasteiger partial charge in [-0.2, -0.15) is 0 Å². The Morgan fingerprint density at radius 1 is 0.974 bits per heavy atom. The number of carbonyl (C=O) groups is 1. The van der Waals surface area contributed by atoms with Crippen molar-refractivity contribution in [3.63, 3.8) is 0 Å². The number of nitrogens with zero attached hydrogens (tertiary/aromatic N) is 1. The molecule has 0 aliphatic carbocycles. The highest BCUT2D eigenvalue weighted by Gasteiger charge is 2.18. The highest BCUT2D eigenvalue weighted by molar-refractivity contribution is 8.00. The van der Waals surface area contributed by atoms with Crippen LogP contribution in [0, 0.1) is 0 Å². The summed E-state index contributed by atoms with van der Waals surface area (Å²) in [5, 5.41) is 11.1. The van der Waals surface area contributed by atoms with E-state index in [-0.39, 0.29) is 22.4 Å². The summed E-state index contributed by atoms with van der Waals surface area (Å²) >= 11 is 13.2. The zero-order chi connectivity index (χ0) is 27.1. The smallest absolute Gasteiger partial charge is 0.313 e. The number of halogens is 2. The molecule has 0 radical (unpaired) electrons. The maximum absolute atomic E-state index is 12.6. The van der Waals surface area contributed by atoms with Crippen LogP contribution >= 0.6 is 35.0 Å². The molecular weight excluding hydrogens is 563 g/mol. The molecule has 196 valence electrons. The van der Waals surface area contributed by atoms with Crippen molar-refractivity contribution in [2.24, 2.45) is 0 Å². The highest BCUT2D eigenvalue weighted by atomic mass is 35.5. The van der Waals surface area contributed by atoms with Gasteiger partial charge >= 0.3 is 5.97 Å². The lowest BCUT2D eigenvalue weighted by atomic mass is 10.1. The highest BCUT2D eigenvalue weighted by Crippen LogP contribution is 2.33. The number of aromatic nitrogens is 1. The van der Waals surface area contributed by atoms with Crippen LogP contribution in [-0.4, -0.2) is 36.8 Å². The summed E-state index contributed by atoms with van der Waals surface area (Å²) in [6.07, 6.45) is 4.24. The molecule has 3 aromatic carbocycles. The molecule has 0 saturated carbocycles. The van der Waals surface area contributed by atoms with Crippen LogP contribution in [0.4, 0.5) is 0 Å². The van der Waals surface area contributed by atoms with Gasteiger partial charge in [-0.25, -0.2) is 18.1 Å². The van der Waals surface area contributed by atoms with E-state index in [0.717, 1.165) is 27.7 Å². The average molecular weight is 588 g/mol. The Morgan fingerprint density at radius 3 is 2.47 bits per heavy atom. The molecule has 0 fully saturated rings. The van der Waals surface area contributed by atoms with Gasteiger partial charge in [0, 0.05) is 27.2 Å². The molecule has 1 heterocycles. The number of nitrogens with one attached hydrogen (secondary N) is 1. The van der Waals surface area contributed by atoms with Gasteiger partial charge in [0.05, 0.1) is 21.9 Å². The SMILES string of the molecule is O=C(O)CSC(CCNS(=O)(=O)c1ccc(Cl)cc1)c1cccc(/C=C/c2ccc3ccc(Cl)cc3n2)c1. The number of pyridine rings is 1. The molecule has 0 amide bonds. The minimum atomic E-state index is -3.71. The molecule has 4 aromatic rings. The summed E-state index contributed by atoms with van der Waals surface area (Å²) in [4.78, 5) is 16.0. The number of benzene rings is 3. The van der Waals surface area contributed by atoms with E-state index in [4.69, 9.17) is 23.2 Å². The van der Waals surface area contributed by atoms with Crippen molar-refractivity contribution in [2.45, 2.75) is 16.6 Å². The fourth-order valence-electron chi connectivity index (χ4n) is 3.78. The van der Waals surface area contributed by atoms with E-state index < -0.39 is 16.0 Å². The Labute approximate surface area is 235 Å². The van der Waals surface area contributed by atoms with E-state index in [9.17, 15) is 18.3 Å². The Hall–Kier alpha value is -2.88. The first-order valence-electron chi connectivity index (χ1n) is 11.6. The predicted octanol–water partition coefficient (Wildman–Crippen LogP) is 6.94. The second kappa shape index (κ2) is 12.8. The summed E-state index contributed by atoms with van der Waals surface area (Å²) < 4.78 is 27.8. The first-order chi connectivity index (χ1) is 18.2. The zero-order valence-corrected chi connectivity index (χ0v) is 23.2. The standard InChI is InChI=1S/C28H24Cl2N2O4S2/c29-22-8-12-25(13-9-22)38(35,36)31-15-14-27(37-18-28(33)34)21-3-1-2-19(16-21)4-10-24-11-6-20-5-7-23(30)17-26(20)32-24/h1-13,16-17,27,31H,14-15,18H2,(H,33,34)/b10-4+.